The van der Waals surface area contributed by atoms with Crippen molar-refractivity contribution < 1.29 is 72.3 Å². The quantitative estimate of drug-likeness (QED) is 0.0111. The van der Waals surface area contributed by atoms with Gasteiger partial charge in [-0.05, 0) is 278 Å². The molecule has 17 heteroatoms. The summed E-state index contributed by atoms with van der Waals surface area (Å²) in [5.74, 6) is 1.39. The van der Waals surface area contributed by atoms with Crippen LogP contribution in [0.4, 0.5) is 5.69 Å². The minimum Gasteiger partial charge on any atom is -1.00 e. The molecule has 4 atom stereocenters. The smallest absolute Gasteiger partial charge is 0.191 e. The molecular weight excluding hydrogens is 1730 g/mol. The van der Waals surface area contributed by atoms with Crippen molar-refractivity contribution in [2.24, 2.45) is 0 Å². The number of anilines is 1. The molecule has 4 N–H and O–H groups in total. The number of nitrogens with zero attached hydrogens (tertiary/aromatic N) is 4. The molecule has 0 spiro atoms. The summed E-state index contributed by atoms with van der Waals surface area (Å²) in [6, 6.07) is 25.9. The summed E-state index contributed by atoms with van der Waals surface area (Å²) in [5.41, 5.74) is 16.0. The van der Waals surface area contributed by atoms with Crippen LogP contribution in [0.15, 0.2) is 122 Å². The van der Waals surface area contributed by atoms with E-state index in [2.05, 4.69) is 199 Å². The van der Waals surface area contributed by atoms with Crippen molar-refractivity contribution >= 4 is 60.4 Å². The lowest BCUT2D eigenvalue weighted by molar-refractivity contribution is -0.921. The number of carbonyl (C=O) groups excluding carboxylic acids is 4. The topological polar surface area (TPSA) is 139 Å². The molecular formula is C107H177B2Br3N6O6. The first-order valence-corrected chi connectivity index (χ1v) is 49.9. The summed E-state index contributed by atoms with van der Waals surface area (Å²) in [7, 11) is 10.6. The number of alkyl halides is 1. The van der Waals surface area contributed by atoms with Crippen LogP contribution in [0.1, 0.15) is 314 Å². The lowest BCUT2D eigenvalue weighted by atomic mass is 9.92. The number of nitrogens with one attached hydrogen (secondary N) is 2. The van der Waals surface area contributed by atoms with Gasteiger partial charge in [-0.25, -0.2) is 0 Å². The molecule has 4 aromatic carbocycles. The molecule has 0 amide bonds. The van der Waals surface area contributed by atoms with Gasteiger partial charge in [0.15, 0.2) is 23.1 Å². The minimum absolute atomic E-state index is 0. The van der Waals surface area contributed by atoms with Crippen LogP contribution in [0.25, 0.3) is 0 Å². The van der Waals surface area contributed by atoms with Crippen LogP contribution < -0.4 is 44.6 Å². The first-order valence-electron chi connectivity index (χ1n) is 48.8. The normalized spacial score (nSPS) is 14.9. The third-order valence-electron chi connectivity index (χ3n) is 24.9. The van der Waals surface area contributed by atoms with Gasteiger partial charge in [0, 0.05) is 68.2 Å². The summed E-state index contributed by atoms with van der Waals surface area (Å²) in [6.07, 6.45) is 54.3. The predicted octanol–water partition coefficient (Wildman–Crippen LogP) is 18.2. The first-order chi connectivity index (χ1) is 59.0. The molecule has 4 aromatic rings. The van der Waals surface area contributed by atoms with Gasteiger partial charge in [0.1, 0.15) is 13.1 Å². The third kappa shape index (κ3) is 53.7. The monoisotopic (exact) mass is 1900 g/mol. The molecule has 12 nitrogen and oxygen atoms in total. The minimum atomic E-state index is 0. The molecule has 6 rings (SSSR count). The number of rotatable bonds is 61. The molecule has 0 saturated carbocycles. The maximum atomic E-state index is 13.7. The number of hydrogen-bond acceptors (Lipinski definition) is 10. The highest BCUT2D eigenvalue weighted by molar-refractivity contribution is 9.09. The molecule has 0 aliphatic carbocycles. The number of ketones is 4. The molecule has 698 valence electrons. The Balaban J connectivity index is 0.00000168. The lowest BCUT2D eigenvalue weighted by Crippen LogP contribution is -3.00. The van der Waals surface area contributed by atoms with Crippen LogP contribution in [0, 0.1) is 55.4 Å². The van der Waals surface area contributed by atoms with Crippen LogP contribution in [0.5, 0.6) is 0 Å². The fourth-order valence-corrected chi connectivity index (χ4v) is 17.8. The van der Waals surface area contributed by atoms with Gasteiger partial charge in [-0.15, -0.1) is 0 Å². The Labute approximate surface area is 792 Å². The number of piperidine rings is 2. The maximum Gasteiger partial charge on any atom is 0.191 e. The second-order valence-corrected chi connectivity index (χ2v) is 36.5. The molecule has 4 unspecified atom stereocenters. The van der Waals surface area contributed by atoms with E-state index in [0.717, 1.165) is 149 Å². The van der Waals surface area contributed by atoms with E-state index < -0.39 is 0 Å². The lowest BCUT2D eigenvalue weighted by Gasteiger charge is -2.39. The highest BCUT2D eigenvalue weighted by atomic mass is 79.9. The molecule has 2 aliphatic rings. The molecule has 0 bridgehead atoms. The van der Waals surface area contributed by atoms with Crippen molar-refractivity contribution in [2.45, 2.75) is 352 Å². The van der Waals surface area contributed by atoms with Crippen molar-refractivity contribution in [3.05, 3.63) is 183 Å². The number of para-hydroxylation sites is 1. The number of hydrogen-bond donors (Lipinski definition) is 4. The number of carbonyl (C=O) groups is 4. The summed E-state index contributed by atoms with van der Waals surface area (Å²) in [5, 5.41) is 26.5. The molecule has 2 heterocycles. The second kappa shape index (κ2) is 76.3. The van der Waals surface area contributed by atoms with E-state index in [9.17, 15) is 24.3 Å². The highest BCUT2D eigenvalue weighted by Gasteiger charge is 2.33. The average molecular weight is 1900 g/mol. The van der Waals surface area contributed by atoms with E-state index >= 15 is 0 Å². The van der Waals surface area contributed by atoms with Gasteiger partial charge in [0.25, 0.3) is 0 Å². The Hall–Kier alpha value is -4.39. The van der Waals surface area contributed by atoms with Gasteiger partial charge in [-0.1, -0.05) is 256 Å². The fourth-order valence-electron chi connectivity index (χ4n) is 17.4. The van der Waals surface area contributed by atoms with Gasteiger partial charge in [-0.3, -0.25) is 29.0 Å². The number of allylic oxidation sites excluding steroid dienone is 6. The Morgan fingerprint density at radius 3 is 1.35 bits per heavy atom. The zero-order chi connectivity index (χ0) is 89.9. The van der Waals surface area contributed by atoms with Crippen LogP contribution in [-0.4, -0.2) is 190 Å². The van der Waals surface area contributed by atoms with Crippen LogP contribution in [-0.2, 0) is 38.4 Å². The van der Waals surface area contributed by atoms with E-state index in [1.807, 2.05) is 43.4 Å². The number of likely N-dealkylation sites (tertiary alicyclic amines) is 1. The Bertz CT molecular complexity index is 3440. The van der Waals surface area contributed by atoms with Gasteiger partial charge in [0.2, 0.25) is 0 Å². The van der Waals surface area contributed by atoms with Crippen LogP contribution >= 0.6 is 15.9 Å². The molecule has 4 radical (unpaired) electrons. The largest absolute Gasteiger partial charge is 1.00 e. The number of Topliss-reactive ketones (excluding diaryl/α,β-unsaturated/α-hetero) is 4. The zero-order valence-electron chi connectivity index (χ0n) is 81.0. The van der Waals surface area contributed by atoms with Gasteiger partial charge in [-0.2, -0.15) is 0 Å². The fraction of sp³-hybridized carbons (Fsp3) is 0.664. The van der Waals surface area contributed by atoms with Gasteiger partial charge < -0.3 is 63.8 Å². The van der Waals surface area contributed by atoms with E-state index in [0.29, 0.717) is 62.2 Å². The average Bonchev–Trinajstić information content (AvgIpc) is 0.848. The second-order valence-electron chi connectivity index (χ2n) is 35.7. The van der Waals surface area contributed by atoms with Crippen LogP contribution in [0.2, 0.25) is 12.6 Å². The molecule has 2 saturated heterocycles. The van der Waals surface area contributed by atoms with E-state index in [4.69, 9.17) is 20.8 Å². The standard InChI is InChI=1S/C42H68N3O2.C26H45BrNO.C18H31NO2.C15H21NO.C6H12B2.2BrH/c1-7-8-15-28-45(30-17-11-18-31-46,33-39(47)32-40-34(2)21-19-22-35(40)3)29-16-10-9-13-26-44-27-14-12-25-41(44)38(6)43-42-36(4)23-20-24-37(42)5;1-5-7-12-19-28(18-8-6-2,20-13-10-9-11-17-27)22-25(29)21-26-23(3)15-14-16-24(26)4;1-3-5-7-8-9-10-13-18(21)17-19(15-12-16-20)14-11-6-4-2;1-11-6-5-7-12(2)13(11)10-15(17)14-8-3-4-9-16-14;7-5-3-1-2-4-6-8;;/h19-24,41,43,46H,6-18,25-33H2,1-5H3;14-16H,5-13,17-22H2,1-4H3;3,5,7-10,20H,4,6,11-17H2,1-2H3;5-7,14,16H,3-4,8-10H2,1-2H3;1-6H2;2*1H/q2*+1;;;;;/p-2/b;;5-3+,8-7-,10-9+;;;;. The first kappa shape index (κ1) is 120. The van der Waals surface area contributed by atoms with E-state index in [1.54, 1.807) is 0 Å². The van der Waals surface area contributed by atoms with Crippen molar-refractivity contribution in [3.8, 4) is 0 Å². The number of aliphatic hydroxyl groups excluding tert-OH is 2. The number of aliphatic hydroxyl groups is 2. The maximum absolute atomic E-state index is 13.7. The van der Waals surface area contributed by atoms with Crippen molar-refractivity contribution in [1.29, 1.82) is 0 Å². The number of quaternary nitrogens is 2. The van der Waals surface area contributed by atoms with Crippen molar-refractivity contribution in [3.63, 3.8) is 0 Å². The number of halogens is 3. The van der Waals surface area contributed by atoms with Crippen LogP contribution in [0.3, 0.4) is 0 Å². The van der Waals surface area contributed by atoms with E-state index in [1.165, 1.54) is 240 Å². The number of unbranched alkanes of at least 4 members (excludes halogenated alkanes) is 18. The number of aryl methyl sites for hydroxylation is 8. The summed E-state index contributed by atoms with van der Waals surface area (Å²) >= 11 is 3.54. The summed E-state index contributed by atoms with van der Waals surface area (Å²) in [4.78, 5) is 56.0. The SMILES string of the molecule is C/C=C/C=C\C=C\CC(=O)CN(CCCO)CCCCC.C=C(Nc1c(C)cccc1C)C1CCCCN1CCCCCC[N+](CCCCC)(CCCCCO)CC(=O)Cc1c(C)cccc1C.CCCCC[N+](CCCC)(CCCCCCBr)CC(=O)Cc1c(C)cccc1C.Cc1cccc(C)c1CC(=O)C1CCCCN1.[B]CCCCCC[B].[Br-].[Br-]. The Morgan fingerprint density at radius 1 is 0.492 bits per heavy atom. The molecule has 124 heavy (non-hydrogen) atoms. The van der Waals surface area contributed by atoms with Gasteiger partial charge >= 0.3 is 0 Å². The third-order valence-corrected chi connectivity index (χ3v) is 25.5. The van der Waals surface area contributed by atoms with Crippen molar-refractivity contribution in [1.82, 2.24) is 15.1 Å². The van der Waals surface area contributed by atoms with Gasteiger partial charge in [0.05, 0.1) is 67.5 Å². The van der Waals surface area contributed by atoms with Crippen molar-refractivity contribution in [2.75, 3.05) is 115 Å². The number of benzene rings is 4. The Kier molecular flexibility index (Phi) is 73.6. The summed E-state index contributed by atoms with van der Waals surface area (Å²) < 4.78 is 1.94. The molecule has 2 aliphatic heterocycles. The molecule has 0 aromatic heterocycles. The zero-order valence-corrected chi connectivity index (χ0v) is 85.7. The molecule has 2 fully saturated rings. The Morgan fingerprint density at radius 2 is 0.903 bits per heavy atom. The highest BCUT2D eigenvalue weighted by Crippen LogP contribution is 2.29. The van der Waals surface area contributed by atoms with E-state index in [-0.39, 0.29) is 59.0 Å². The predicted molar refractivity (Wildman–Crippen MR) is 532 cm³/mol. The summed E-state index contributed by atoms with van der Waals surface area (Å²) in [6.45, 7) is 46.6.